The second kappa shape index (κ2) is 4.58. The van der Waals surface area contributed by atoms with E-state index in [2.05, 4.69) is 33.9 Å². The van der Waals surface area contributed by atoms with E-state index < -0.39 is 8.07 Å². The predicted molar refractivity (Wildman–Crippen MR) is 52.1 cm³/mol. The van der Waals surface area contributed by atoms with Crippen LogP contribution in [0.2, 0.25) is 18.1 Å². The summed E-state index contributed by atoms with van der Waals surface area (Å²) < 4.78 is 0.597. The smallest absolute Gasteiger partial charge is 0.331 e. The number of hydrogen-bond acceptors (Lipinski definition) is 0. The Morgan fingerprint density at radius 2 is 1.36 bits per heavy atom. The van der Waals surface area contributed by atoms with Crippen LogP contribution in [0, 0.1) is 4.46 Å². The molecule has 0 fully saturated rings. The van der Waals surface area contributed by atoms with Gasteiger partial charge < -0.3 is 23.2 Å². The van der Waals surface area contributed by atoms with E-state index in [1.807, 2.05) is 0 Å². The minimum Gasteiger partial charge on any atom is -0.331 e. The molecule has 0 aromatic heterocycles. The standard InChI is InChI=1S/C7H15Cl2Si.Li/c1-7(2,3)10(4,5)6(8)9;/h1-5H3;/q-1;+1. The maximum Gasteiger partial charge on any atom is 1.00 e. The van der Waals surface area contributed by atoms with Gasteiger partial charge in [-0.1, -0.05) is 47.0 Å². The van der Waals surface area contributed by atoms with Gasteiger partial charge >= 0.3 is 18.9 Å². The molecule has 0 bridgehead atoms. The fraction of sp³-hybridized carbons (Fsp3) is 0.857. The maximum absolute atomic E-state index is 5.80. The Hall–Kier alpha value is 1.39. The molecule has 0 aliphatic heterocycles. The zero-order valence-electron chi connectivity index (χ0n) is 8.26. The number of halogens is 2. The van der Waals surface area contributed by atoms with Gasteiger partial charge in [0.2, 0.25) is 0 Å². The van der Waals surface area contributed by atoms with E-state index in [4.69, 9.17) is 23.2 Å². The minimum atomic E-state index is -1.53. The van der Waals surface area contributed by atoms with Crippen molar-refractivity contribution in [1.82, 2.24) is 0 Å². The number of hydrogen-bond donors (Lipinski definition) is 0. The van der Waals surface area contributed by atoms with E-state index in [0.717, 1.165) is 0 Å². The van der Waals surface area contributed by atoms with Gasteiger partial charge in [0.25, 0.3) is 0 Å². The molecule has 0 aromatic carbocycles. The van der Waals surface area contributed by atoms with Crippen molar-refractivity contribution in [2.24, 2.45) is 0 Å². The molecule has 0 aliphatic rings. The monoisotopic (exact) mass is 204 g/mol. The first-order valence-corrected chi connectivity index (χ1v) is 7.13. The van der Waals surface area contributed by atoms with Crippen LogP contribution in [-0.4, -0.2) is 8.07 Å². The quantitative estimate of drug-likeness (QED) is 0.442. The molecule has 62 valence electrons. The Kier molecular flexibility index (Phi) is 6.20. The molecule has 0 spiro atoms. The van der Waals surface area contributed by atoms with Crippen molar-refractivity contribution in [3.05, 3.63) is 4.46 Å². The second-order valence-electron chi connectivity index (χ2n) is 4.14. The fourth-order valence-corrected chi connectivity index (χ4v) is 2.55. The molecule has 0 N–H and O–H groups in total. The summed E-state index contributed by atoms with van der Waals surface area (Å²) in [4.78, 5) is 0. The van der Waals surface area contributed by atoms with Crippen molar-refractivity contribution >= 4 is 31.3 Å². The summed E-state index contributed by atoms with van der Waals surface area (Å²) in [5.41, 5.74) is 0. The topological polar surface area (TPSA) is 0 Å². The van der Waals surface area contributed by atoms with Crippen LogP contribution < -0.4 is 18.9 Å². The van der Waals surface area contributed by atoms with Gasteiger partial charge in [-0.05, 0) is 0 Å². The molecule has 0 heterocycles. The van der Waals surface area contributed by atoms with Gasteiger partial charge in [-0.25, -0.2) is 0 Å². The zero-order valence-corrected chi connectivity index (χ0v) is 10.8. The molecule has 0 aliphatic carbocycles. The van der Waals surface area contributed by atoms with Crippen LogP contribution in [0.3, 0.4) is 0 Å². The van der Waals surface area contributed by atoms with Crippen LogP contribution in [0.15, 0.2) is 0 Å². The van der Waals surface area contributed by atoms with Crippen molar-refractivity contribution in [2.45, 2.75) is 38.9 Å². The summed E-state index contributed by atoms with van der Waals surface area (Å²) in [5, 5.41) is 0.256. The van der Waals surface area contributed by atoms with E-state index in [9.17, 15) is 0 Å². The molecule has 0 rings (SSSR count). The van der Waals surface area contributed by atoms with Gasteiger partial charge in [0.05, 0.1) is 0 Å². The van der Waals surface area contributed by atoms with Crippen LogP contribution in [0.5, 0.6) is 0 Å². The van der Waals surface area contributed by atoms with Crippen LogP contribution in [-0.2, 0) is 0 Å². The number of rotatable bonds is 1. The molecule has 0 amide bonds. The molecule has 0 atom stereocenters. The van der Waals surface area contributed by atoms with E-state index in [1.54, 1.807) is 0 Å². The van der Waals surface area contributed by atoms with E-state index in [-0.39, 0.29) is 23.9 Å². The van der Waals surface area contributed by atoms with Gasteiger partial charge in [0, 0.05) is 0 Å². The second-order valence-corrected chi connectivity index (χ2v) is 11.0. The Labute approximate surface area is 93.2 Å². The third-order valence-corrected chi connectivity index (χ3v) is 9.88. The summed E-state index contributed by atoms with van der Waals surface area (Å²) >= 11 is 11.6. The van der Waals surface area contributed by atoms with E-state index in [0.29, 0.717) is 4.46 Å². The first-order chi connectivity index (χ1) is 4.19. The predicted octanol–water partition coefficient (Wildman–Crippen LogP) is 1.01. The molecule has 0 saturated carbocycles. The molecular weight excluding hydrogens is 190 g/mol. The van der Waals surface area contributed by atoms with Crippen LogP contribution in [0.25, 0.3) is 0 Å². The summed E-state index contributed by atoms with van der Waals surface area (Å²) in [6.45, 7) is 10.9. The normalized spacial score (nSPS) is 13.1. The summed E-state index contributed by atoms with van der Waals surface area (Å²) in [6, 6.07) is 0. The van der Waals surface area contributed by atoms with Crippen LogP contribution >= 0.6 is 23.2 Å². The van der Waals surface area contributed by atoms with Crippen LogP contribution in [0.4, 0.5) is 0 Å². The van der Waals surface area contributed by atoms with Crippen molar-refractivity contribution in [3.8, 4) is 0 Å². The molecule has 0 nitrogen and oxygen atoms in total. The van der Waals surface area contributed by atoms with Crippen molar-refractivity contribution in [1.29, 1.82) is 0 Å². The molecule has 0 radical (unpaired) electrons. The Morgan fingerprint density at radius 3 is 1.36 bits per heavy atom. The SMILES string of the molecule is CC(C)(C)[Si](C)(C)[C-](Cl)Cl.[Li+]. The van der Waals surface area contributed by atoms with Gasteiger partial charge in [0.1, 0.15) is 0 Å². The summed E-state index contributed by atoms with van der Waals surface area (Å²) in [7, 11) is -1.53. The summed E-state index contributed by atoms with van der Waals surface area (Å²) in [6.07, 6.45) is 0. The zero-order chi connectivity index (χ0) is 8.58. The van der Waals surface area contributed by atoms with Crippen molar-refractivity contribution in [2.75, 3.05) is 0 Å². The third kappa shape index (κ3) is 3.74. The maximum atomic E-state index is 5.80. The van der Waals surface area contributed by atoms with Crippen molar-refractivity contribution in [3.63, 3.8) is 0 Å². The molecule has 0 unspecified atom stereocenters. The summed E-state index contributed by atoms with van der Waals surface area (Å²) in [5.74, 6) is 0. The first kappa shape index (κ1) is 14.9. The molecular formula is C7H15Cl2LiSi. The Morgan fingerprint density at radius 1 is 1.09 bits per heavy atom. The van der Waals surface area contributed by atoms with E-state index >= 15 is 0 Å². The first-order valence-electron chi connectivity index (χ1n) is 3.38. The largest absolute Gasteiger partial charge is 1.00 e. The third-order valence-electron chi connectivity index (χ3n) is 2.35. The average Bonchev–Trinajstić information content (AvgIpc) is 1.62. The molecule has 0 saturated heterocycles. The molecule has 11 heavy (non-hydrogen) atoms. The van der Waals surface area contributed by atoms with E-state index in [1.165, 1.54) is 0 Å². The Balaban J connectivity index is 0. The van der Waals surface area contributed by atoms with Crippen LogP contribution in [0.1, 0.15) is 20.8 Å². The molecule has 4 heteroatoms. The molecule has 0 aromatic rings. The average molecular weight is 205 g/mol. The van der Waals surface area contributed by atoms with Gasteiger partial charge in [0.15, 0.2) is 0 Å². The van der Waals surface area contributed by atoms with Gasteiger partial charge in [-0.2, -0.15) is 0 Å². The Bertz CT molecular complexity index is 118. The van der Waals surface area contributed by atoms with Gasteiger partial charge in [-0.15, -0.1) is 4.46 Å². The van der Waals surface area contributed by atoms with Gasteiger partial charge in [-0.3, -0.25) is 0 Å². The van der Waals surface area contributed by atoms with Crippen molar-refractivity contribution < 1.29 is 18.9 Å². The fourth-order valence-electron chi connectivity index (χ4n) is 0.283. The minimum absolute atomic E-state index is 0.